The second-order valence-corrected chi connectivity index (χ2v) is 7.66. The summed E-state index contributed by atoms with van der Waals surface area (Å²) in [4.78, 5) is 27.7. The Morgan fingerprint density at radius 3 is 2.37 bits per heavy atom. The van der Waals surface area contributed by atoms with E-state index in [9.17, 15) is 14.7 Å². The smallest absolute Gasteiger partial charge is 0.264 e. The third-order valence-electron chi connectivity index (χ3n) is 5.32. The summed E-state index contributed by atoms with van der Waals surface area (Å²) in [5.74, 6) is -0.209. The first-order valence-electron chi connectivity index (χ1n) is 9.48. The predicted octanol–water partition coefficient (Wildman–Crippen LogP) is 4.36. The van der Waals surface area contributed by atoms with Gasteiger partial charge in [-0.25, -0.2) is 0 Å². The van der Waals surface area contributed by atoms with Gasteiger partial charge in [0.15, 0.2) is 11.4 Å². The number of methoxy groups -OCH3 is 1. The minimum Gasteiger partial charge on any atom is -0.497 e. The maximum Gasteiger partial charge on any atom is 0.264 e. The SMILES string of the molecule is COc1ccc(C(=O)C[C@@]2(O)C(=O)N(Cc3ccc(Cl)cc3)c3ccccc32)cc1. The molecule has 1 amide bonds. The fraction of sp³-hybridized carbons (Fsp3) is 0.167. The average Bonchev–Trinajstić information content (AvgIpc) is 2.97. The van der Waals surface area contributed by atoms with E-state index in [0.29, 0.717) is 27.6 Å². The van der Waals surface area contributed by atoms with Gasteiger partial charge in [0.1, 0.15) is 5.75 Å². The molecule has 1 heterocycles. The molecule has 1 atom stereocenters. The summed E-state index contributed by atoms with van der Waals surface area (Å²) in [6.07, 6.45) is -0.341. The molecule has 5 nitrogen and oxygen atoms in total. The maximum absolute atomic E-state index is 13.3. The number of ketones is 1. The average molecular weight is 422 g/mol. The van der Waals surface area contributed by atoms with Crippen LogP contribution >= 0.6 is 11.6 Å². The highest BCUT2D eigenvalue weighted by Crippen LogP contribution is 2.43. The van der Waals surface area contributed by atoms with Crippen LogP contribution in [0.4, 0.5) is 5.69 Å². The van der Waals surface area contributed by atoms with Crippen molar-refractivity contribution in [2.45, 2.75) is 18.6 Å². The number of para-hydroxylation sites is 1. The Morgan fingerprint density at radius 2 is 1.70 bits per heavy atom. The highest BCUT2D eigenvalue weighted by molar-refractivity contribution is 6.30. The van der Waals surface area contributed by atoms with Crippen LogP contribution in [0.2, 0.25) is 5.02 Å². The fourth-order valence-electron chi connectivity index (χ4n) is 3.72. The molecule has 0 aliphatic carbocycles. The van der Waals surface area contributed by atoms with Gasteiger partial charge in [-0.15, -0.1) is 0 Å². The molecule has 0 radical (unpaired) electrons. The van der Waals surface area contributed by atoms with Gasteiger partial charge < -0.3 is 14.7 Å². The van der Waals surface area contributed by atoms with Crippen molar-refractivity contribution in [3.05, 3.63) is 94.5 Å². The fourth-order valence-corrected chi connectivity index (χ4v) is 3.84. The molecular formula is C24H20ClNO4. The van der Waals surface area contributed by atoms with Crippen LogP contribution < -0.4 is 9.64 Å². The Labute approximate surface area is 179 Å². The lowest BCUT2D eigenvalue weighted by atomic mass is 9.88. The van der Waals surface area contributed by atoms with Crippen LogP contribution in [0.25, 0.3) is 0 Å². The molecule has 1 N–H and O–H groups in total. The van der Waals surface area contributed by atoms with Gasteiger partial charge in [-0.05, 0) is 48.0 Å². The summed E-state index contributed by atoms with van der Waals surface area (Å²) in [5.41, 5.74) is 0.396. The standard InChI is InChI=1S/C24H20ClNO4/c1-30-19-12-8-17(9-13-19)22(27)14-24(29)20-4-2-3-5-21(20)26(23(24)28)15-16-6-10-18(25)11-7-16/h2-13,29H,14-15H2,1H3/t24-/m0/s1. The van der Waals surface area contributed by atoms with E-state index in [2.05, 4.69) is 0 Å². The van der Waals surface area contributed by atoms with Crippen LogP contribution in [0.15, 0.2) is 72.8 Å². The lowest BCUT2D eigenvalue weighted by molar-refractivity contribution is -0.136. The van der Waals surface area contributed by atoms with Gasteiger partial charge in [-0.3, -0.25) is 9.59 Å². The number of aliphatic hydroxyl groups is 1. The van der Waals surface area contributed by atoms with Gasteiger partial charge in [0.2, 0.25) is 0 Å². The number of carbonyl (C=O) groups is 2. The van der Waals surface area contributed by atoms with Crippen molar-refractivity contribution < 1.29 is 19.4 Å². The molecule has 4 rings (SSSR count). The van der Waals surface area contributed by atoms with Gasteiger partial charge in [-0.2, -0.15) is 0 Å². The zero-order valence-corrected chi connectivity index (χ0v) is 17.1. The van der Waals surface area contributed by atoms with Crippen molar-refractivity contribution in [1.82, 2.24) is 0 Å². The van der Waals surface area contributed by atoms with Crippen LogP contribution in [0.5, 0.6) is 5.75 Å². The topological polar surface area (TPSA) is 66.8 Å². The van der Waals surface area contributed by atoms with E-state index >= 15 is 0 Å². The summed E-state index contributed by atoms with van der Waals surface area (Å²) in [6.45, 7) is 0.270. The molecule has 1 aliphatic rings. The van der Waals surface area contributed by atoms with Crippen LogP contribution in [-0.4, -0.2) is 23.9 Å². The molecule has 1 aliphatic heterocycles. The Kier molecular flexibility index (Phi) is 5.33. The summed E-state index contributed by atoms with van der Waals surface area (Å²) < 4.78 is 5.11. The van der Waals surface area contributed by atoms with Gasteiger partial charge in [-0.1, -0.05) is 41.9 Å². The van der Waals surface area contributed by atoms with E-state index in [4.69, 9.17) is 16.3 Å². The number of fused-ring (bicyclic) bond motifs is 1. The predicted molar refractivity (Wildman–Crippen MR) is 115 cm³/mol. The zero-order chi connectivity index (χ0) is 21.3. The van der Waals surface area contributed by atoms with E-state index in [1.54, 1.807) is 67.8 Å². The normalized spacial score (nSPS) is 17.7. The van der Waals surface area contributed by atoms with Gasteiger partial charge in [0.05, 0.1) is 25.8 Å². The second-order valence-electron chi connectivity index (χ2n) is 7.22. The first-order valence-corrected chi connectivity index (χ1v) is 9.86. The Hall–Kier alpha value is -3.15. The number of benzene rings is 3. The number of halogens is 1. The van der Waals surface area contributed by atoms with Crippen molar-refractivity contribution in [1.29, 1.82) is 0 Å². The quantitative estimate of drug-likeness (QED) is 0.601. The zero-order valence-electron chi connectivity index (χ0n) is 16.3. The second kappa shape index (κ2) is 7.94. The molecular weight excluding hydrogens is 402 g/mol. The van der Waals surface area contributed by atoms with Crippen LogP contribution in [0.1, 0.15) is 27.9 Å². The Balaban J connectivity index is 1.64. The molecule has 0 saturated heterocycles. The molecule has 0 spiro atoms. The molecule has 0 unspecified atom stereocenters. The highest BCUT2D eigenvalue weighted by Gasteiger charge is 2.50. The number of hydrogen-bond donors (Lipinski definition) is 1. The van der Waals surface area contributed by atoms with Crippen molar-refractivity contribution >= 4 is 29.0 Å². The molecule has 0 bridgehead atoms. The van der Waals surface area contributed by atoms with E-state index < -0.39 is 11.5 Å². The molecule has 0 aromatic heterocycles. The minimum atomic E-state index is -1.92. The Bertz CT molecular complexity index is 1090. The number of hydrogen-bond acceptors (Lipinski definition) is 4. The molecule has 3 aromatic rings. The van der Waals surface area contributed by atoms with Crippen LogP contribution in [0, 0.1) is 0 Å². The first kappa shape index (κ1) is 20.1. The van der Waals surface area contributed by atoms with Crippen LogP contribution in [-0.2, 0) is 16.9 Å². The van der Waals surface area contributed by atoms with E-state index in [-0.39, 0.29) is 18.7 Å². The van der Waals surface area contributed by atoms with E-state index in [1.807, 2.05) is 12.1 Å². The number of Topliss-reactive ketones (excluding diaryl/α,β-unsaturated/α-hetero) is 1. The number of ether oxygens (including phenoxy) is 1. The first-order chi connectivity index (χ1) is 14.4. The number of rotatable bonds is 6. The summed E-state index contributed by atoms with van der Waals surface area (Å²) in [7, 11) is 1.54. The highest BCUT2D eigenvalue weighted by atomic mass is 35.5. The molecule has 0 fully saturated rings. The summed E-state index contributed by atoms with van der Waals surface area (Å²) >= 11 is 5.95. The van der Waals surface area contributed by atoms with E-state index in [1.165, 1.54) is 4.90 Å². The van der Waals surface area contributed by atoms with Crippen molar-refractivity contribution in [3.63, 3.8) is 0 Å². The van der Waals surface area contributed by atoms with Crippen molar-refractivity contribution in [2.24, 2.45) is 0 Å². The van der Waals surface area contributed by atoms with Crippen molar-refractivity contribution in [3.8, 4) is 5.75 Å². The summed E-state index contributed by atoms with van der Waals surface area (Å²) in [5, 5.41) is 12.0. The van der Waals surface area contributed by atoms with Crippen molar-refractivity contribution in [2.75, 3.05) is 12.0 Å². The number of anilines is 1. The molecule has 30 heavy (non-hydrogen) atoms. The number of amides is 1. The molecule has 3 aromatic carbocycles. The Morgan fingerprint density at radius 1 is 1.03 bits per heavy atom. The minimum absolute atomic E-state index is 0.270. The number of carbonyl (C=O) groups excluding carboxylic acids is 2. The van der Waals surface area contributed by atoms with Gasteiger partial charge in [0, 0.05) is 16.1 Å². The third-order valence-corrected chi connectivity index (χ3v) is 5.57. The maximum atomic E-state index is 13.3. The largest absolute Gasteiger partial charge is 0.497 e. The third kappa shape index (κ3) is 3.58. The van der Waals surface area contributed by atoms with Gasteiger partial charge >= 0.3 is 0 Å². The lowest BCUT2D eigenvalue weighted by Crippen LogP contribution is -2.41. The monoisotopic (exact) mass is 421 g/mol. The number of nitrogens with zero attached hydrogens (tertiary/aromatic N) is 1. The molecule has 6 heteroatoms. The molecule has 0 saturated carbocycles. The summed E-state index contributed by atoms with van der Waals surface area (Å²) in [6, 6.07) is 20.8. The molecule has 152 valence electrons. The lowest BCUT2D eigenvalue weighted by Gasteiger charge is -2.23. The van der Waals surface area contributed by atoms with Crippen LogP contribution in [0.3, 0.4) is 0 Å². The van der Waals surface area contributed by atoms with Gasteiger partial charge in [0.25, 0.3) is 5.91 Å². The van der Waals surface area contributed by atoms with E-state index in [0.717, 1.165) is 5.56 Å².